The standard InChI is InChI=1S/C11H17ClN4/c12-10-6-14-7-11(15-10)16-5-1-2-9(8-16)3-4-13/h6-7,9H,1-5,8,13H2. The van der Waals surface area contributed by atoms with E-state index in [0.29, 0.717) is 11.1 Å². The molecule has 1 atom stereocenters. The van der Waals surface area contributed by atoms with Crippen molar-refractivity contribution >= 4 is 17.4 Å². The van der Waals surface area contributed by atoms with Gasteiger partial charge < -0.3 is 10.6 Å². The van der Waals surface area contributed by atoms with E-state index in [1.165, 1.54) is 12.8 Å². The molecule has 16 heavy (non-hydrogen) atoms. The Morgan fingerprint density at radius 2 is 2.38 bits per heavy atom. The summed E-state index contributed by atoms with van der Waals surface area (Å²) in [5.74, 6) is 1.56. The highest BCUT2D eigenvalue weighted by molar-refractivity contribution is 6.29. The van der Waals surface area contributed by atoms with E-state index in [2.05, 4.69) is 14.9 Å². The van der Waals surface area contributed by atoms with E-state index in [1.54, 1.807) is 12.4 Å². The zero-order valence-electron chi connectivity index (χ0n) is 9.27. The average molecular weight is 241 g/mol. The van der Waals surface area contributed by atoms with E-state index in [0.717, 1.165) is 31.9 Å². The van der Waals surface area contributed by atoms with Crippen molar-refractivity contribution < 1.29 is 0 Å². The van der Waals surface area contributed by atoms with Gasteiger partial charge in [0.05, 0.1) is 12.4 Å². The van der Waals surface area contributed by atoms with Crippen LogP contribution in [-0.2, 0) is 0 Å². The van der Waals surface area contributed by atoms with Crippen LogP contribution >= 0.6 is 11.6 Å². The Hall–Kier alpha value is -0.870. The van der Waals surface area contributed by atoms with Crippen molar-refractivity contribution in [3.05, 3.63) is 17.5 Å². The van der Waals surface area contributed by atoms with E-state index in [-0.39, 0.29) is 0 Å². The molecule has 1 aliphatic heterocycles. The van der Waals surface area contributed by atoms with Crippen LogP contribution in [0, 0.1) is 5.92 Å². The minimum Gasteiger partial charge on any atom is -0.355 e. The van der Waals surface area contributed by atoms with E-state index < -0.39 is 0 Å². The van der Waals surface area contributed by atoms with Gasteiger partial charge in [-0.05, 0) is 31.7 Å². The molecule has 1 unspecified atom stereocenters. The first kappa shape index (κ1) is 11.6. The van der Waals surface area contributed by atoms with Crippen molar-refractivity contribution in [3.8, 4) is 0 Å². The molecule has 5 heteroatoms. The molecule has 0 amide bonds. The lowest BCUT2D eigenvalue weighted by molar-refractivity contribution is 0.394. The van der Waals surface area contributed by atoms with Gasteiger partial charge in [0, 0.05) is 13.1 Å². The smallest absolute Gasteiger partial charge is 0.149 e. The predicted octanol–water partition coefficient (Wildman–Crippen LogP) is 1.70. The highest BCUT2D eigenvalue weighted by Gasteiger charge is 2.20. The molecule has 0 bridgehead atoms. The van der Waals surface area contributed by atoms with Gasteiger partial charge in [-0.15, -0.1) is 0 Å². The summed E-state index contributed by atoms with van der Waals surface area (Å²) < 4.78 is 0. The average Bonchev–Trinajstić information content (AvgIpc) is 2.30. The maximum absolute atomic E-state index is 5.84. The van der Waals surface area contributed by atoms with E-state index >= 15 is 0 Å². The van der Waals surface area contributed by atoms with E-state index in [9.17, 15) is 0 Å². The van der Waals surface area contributed by atoms with Crippen LogP contribution in [0.1, 0.15) is 19.3 Å². The molecule has 4 nitrogen and oxygen atoms in total. The Morgan fingerprint density at radius 1 is 1.50 bits per heavy atom. The van der Waals surface area contributed by atoms with Crippen LogP contribution in [0.15, 0.2) is 12.4 Å². The summed E-state index contributed by atoms with van der Waals surface area (Å²) in [4.78, 5) is 10.6. The van der Waals surface area contributed by atoms with Crippen LogP contribution in [0.5, 0.6) is 0 Å². The lowest BCUT2D eigenvalue weighted by Crippen LogP contribution is -2.36. The van der Waals surface area contributed by atoms with Crippen LogP contribution in [-0.4, -0.2) is 29.6 Å². The minimum absolute atomic E-state index is 0.457. The van der Waals surface area contributed by atoms with Gasteiger partial charge >= 0.3 is 0 Å². The molecule has 1 aliphatic rings. The Labute approximate surface area is 101 Å². The van der Waals surface area contributed by atoms with Crippen molar-refractivity contribution in [2.75, 3.05) is 24.5 Å². The molecule has 1 saturated heterocycles. The molecule has 2 rings (SSSR count). The second kappa shape index (κ2) is 5.46. The number of hydrogen-bond donors (Lipinski definition) is 1. The lowest BCUT2D eigenvalue weighted by Gasteiger charge is -2.33. The number of anilines is 1. The Balaban J connectivity index is 2.03. The van der Waals surface area contributed by atoms with Gasteiger partial charge in [0.25, 0.3) is 0 Å². The number of halogens is 1. The highest BCUT2D eigenvalue weighted by atomic mass is 35.5. The van der Waals surface area contributed by atoms with Crippen molar-refractivity contribution in [1.29, 1.82) is 0 Å². The fourth-order valence-corrected chi connectivity index (χ4v) is 2.37. The second-order valence-electron chi connectivity index (χ2n) is 4.23. The summed E-state index contributed by atoms with van der Waals surface area (Å²) in [6.45, 7) is 2.82. The fourth-order valence-electron chi connectivity index (χ4n) is 2.23. The van der Waals surface area contributed by atoms with Gasteiger partial charge in [0.1, 0.15) is 11.0 Å². The van der Waals surface area contributed by atoms with Crippen molar-refractivity contribution in [2.24, 2.45) is 11.7 Å². The van der Waals surface area contributed by atoms with Crippen LogP contribution in [0.3, 0.4) is 0 Å². The van der Waals surface area contributed by atoms with Gasteiger partial charge in [0.2, 0.25) is 0 Å². The number of hydrogen-bond acceptors (Lipinski definition) is 4. The summed E-state index contributed by atoms with van der Waals surface area (Å²) in [6, 6.07) is 0. The first-order valence-corrected chi connectivity index (χ1v) is 6.10. The minimum atomic E-state index is 0.457. The van der Waals surface area contributed by atoms with Gasteiger partial charge in [0.15, 0.2) is 0 Å². The number of nitrogens with zero attached hydrogens (tertiary/aromatic N) is 3. The summed E-state index contributed by atoms with van der Waals surface area (Å²) in [5, 5.41) is 0.457. The monoisotopic (exact) mass is 240 g/mol. The third-order valence-corrected chi connectivity index (χ3v) is 3.19. The molecule has 2 heterocycles. The quantitative estimate of drug-likeness (QED) is 0.874. The third kappa shape index (κ3) is 2.83. The maximum Gasteiger partial charge on any atom is 0.149 e. The number of aromatic nitrogens is 2. The van der Waals surface area contributed by atoms with Crippen LogP contribution in [0.25, 0.3) is 0 Å². The first-order chi connectivity index (χ1) is 7.79. The number of piperidine rings is 1. The zero-order valence-corrected chi connectivity index (χ0v) is 10.0. The van der Waals surface area contributed by atoms with Gasteiger partial charge in [-0.25, -0.2) is 4.98 Å². The molecule has 88 valence electrons. The first-order valence-electron chi connectivity index (χ1n) is 5.72. The maximum atomic E-state index is 5.84. The largest absolute Gasteiger partial charge is 0.355 e. The fraction of sp³-hybridized carbons (Fsp3) is 0.636. The van der Waals surface area contributed by atoms with Crippen LogP contribution in [0.2, 0.25) is 5.15 Å². The summed E-state index contributed by atoms with van der Waals surface area (Å²) >= 11 is 5.84. The molecular formula is C11H17ClN4. The van der Waals surface area contributed by atoms with Gasteiger partial charge in [-0.3, -0.25) is 4.98 Å². The van der Waals surface area contributed by atoms with Crippen molar-refractivity contribution in [3.63, 3.8) is 0 Å². The molecule has 0 spiro atoms. The zero-order chi connectivity index (χ0) is 11.4. The Kier molecular flexibility index (Phi) is 3.96. The van der Waals surface area contributed by atoms with Crippen molar-refractivity contribution in [1.82, 2.24) is 9.97 Å². The number of nitrogens with two attached hydrogens (primary N) is 1. The summed E-state index contributed by atoms with van der Waals surface area (Å²) in [5.41, 5.74) is 5.60. The molecule has 1 fully saturated rings. The van der Waals surface area contributed by atoms with Gasteiger partial charge in [-0.1, -0.05) is 11.6 Å². The lowest BCUT2D eigenvalue weighted by atomic mass is 9.95. The normalized spacial score (nSPS) is 21.1. The number of rotatable bonds is 3. The van der Waals surface area contributed by atoms with Gasteiger partial charge in [-0.2, -0.15) is 0 Å². The molecule has 0 saturated carbocycles. The Morgan fingerprint density at radius 3 is 3.12 bits per heavy atom. The van der Waals surface area contributed by atoms with Crippen LogP contribution < -0.4 is 10.6 Å². The topological polar surface area (TPSA) is 55.0 Å². The Bertz CT molecular complexity index is 343. The van der Waals surface area contributed by atoms with E-state index in [1.807, 2.05) is 0 Å². The molecular weight excluding hydrogens is 224 g/mol. The van der Waals surface area contributed by atoms with E-state index in [4.69, 9.17) is 17.3 Å². The summed E-state index contributed by atoms with van der Waals surface area (Å²) in [6.07, 6.45) is 6.88. The van der Waals surface area contributed by atoms with Crippen molar-refractivity contribution in [2.45, 2.75) is 19.3 Å². The predicted molar refractivity (Wildman–Crippen MR) is 65.7 cm³/mol. The molecule has 1 aromatic heterocycles. The highest BCUT2D eigenvalue weighted by Crippen LogP contribution is 2.23. The molecule has 0 aliphatic carbocycles. The molecule has 0 aromatic carbocycles. The summed E-state index contributed by atoms with van der Waals surface area (Å²) in [7, 11) is 0. The molecule has 0 radical (unpaired) electrons. The van der Waals surface area contributed by atoms with Crippen LogP contribution in [0.4, 0.5) is 5.82 Å². The SMILES string of the molecule is NCCC1CCCN(c2cncc(Cl)n2)C1. The molecule has 2 N–H and O–H groups in total. The second-order valence-corrected chi connectivity index (χ2v) is 4.62. The molecule has 1 aromatic rings. The third-order valence-electron chi connectivity index (χ3n) is 3.01.